The van der Waals surface area contributed by atoms with Gasteiger partial charge in [-0.3, -0.25) is 0 Å². The summed E-state index contributed by atoms with van der Waals surface area (Å²) in [5.74, 6) is 0. The number of aliphatic hydroxyl groups excluding tert-OH is 1. The zero-order chi connectivity index (χ0) is 8.54. The molecule has 0 saturated heterocycles. The number of rotatable bonds is 1. The molecule has 1 N–H and O–H groups in total. The van der Waals surface area contributed by atoms with Crippen LogP contribution in [0.25, 0.3) is 0 Å². The average molecular weight is 160 g/mol. The van der Waals surface area contributed by atoms with E-state index in [1.54, 1.807) is 0 Å². The van der Waals surface area contributed by atoms with Gasteiger partial charge in [-0.1, -0.05) is 13.8 Å². The van der Waals surface area contributed by atoms with Crippen molar-refractivity contribution in [2.45, 2.75) is 45.2 Å². The number of hydrogen-bond donors (Lipinski definition) is 1. The summed E-state index contributed by atoms with van der Waals surface area (Å²) < 4.78 is 13.4. The molecular weight excluding hydrogens is 143 g/mol. The van der Waals surface area contributed by atoms with Crippen molar-refractivity contribution in [2.24, 2.45) is 5.41 Å². The number of hydrogen-bond acceptors (Lipinski definition) is 1. The van der Waals surface area contributed by atoms with E-state index in [1.165, 1.54) is 0 Å². The third-order valence-electron chi connectivity index (χ3n) is 2.78. The summed E-state index contributed by atoms with van der Waals surface area (Å²) >= 11 is 0. The van der Waals surface area contributed by atoms with E-state index in [0.29, 0.717) is 12.8 Å². The van der Waals surface area contributed by atoms with E-state index in [1.807, 2.05) is 0 Å². The molecule has 0 radical (unpaired) electrons. The standard InChI is InChI=1S/C9H17FO/c1-8(2)3-5-9(10,7-11)6-4-8/h11H,3-7H2,1-2H3. The Kier molecular flexibility index (Phi) is 2.24. The summed E-state index contributed by atoms with van der Waals surface area (Å²) in [4.78, 5) is 0. The van der Waals surface area contributed by atoms with Crippen molar-refractivity contribution in [2.75, 3.05) is 6.61 Å². The van der Waals surface area contributed by atoms with E-state index >= 15 is 0 Å². The Morgan fingerprint density at radius 2 is 1.64 bits per heavy atom. The second-order valence-electron chi connectivity index (χ2n) is 4.47. The van der Waals surface area contributed by atoms with Crippen LogP contribution in [-0.2, 0) is 0 Å². The Balaban J connectivity index is 2.48. The first-order chi connectivity index (χ1) is 4.97. The highest BCUT2D eigenvalue weighted by Crippen LogP contribution is 2.41. The van der Waals surface area contributed by atoms with Crippen molar-refractivity contribution in [3.8, 4) is 0 Å². The van der Waals surface area contributed by atoms with Crippen molar-refractivity contribution in [1.29, 1.82) is 0 Å². The minimum absolute atomic E-state index is 0.282. The van der Waals surface area contributed by atoms with Crippen LogP contribution in [0.5, 0.6) is 0 Å². The highest BCUT2D eigenvalue weighted by atomic mass is 19.1. The van der Waals surface area contributed by atoms with E-state index < -0.39 is 5.67 Å². The Morgan fingerprint density at radius 1 is 1.18 bits per heavy atom. The summed E-state index contributed by atoms with van der Waals surface area (Å²) in [6.45, 7) is 4.01. The van der Waals surface area contributed by atoms with Gasteiger partial charge in [-0.2, -0.15) is 0 Å². The third-order valence-corrected chi connectivity index (χ3v) is 2.78. The summed E-state index contributed by atoms with van der Waals surface area (Å²) in [7, 11) is 0. The molecule has 11 heavy (non-hydrogen) atoms. The van der Waals surface area contributed by atoms with Gasteiger partial charge in [-0.15, -0.1) is 0 Å². The summed E-state index contributed by atoms with van der Waals surface area (Å²) in [5, 5.41) is 8.75. The highest BCUT2D eigenvalue weighted by Gasteiger charge is 2.37. The van der Waals surface area contributed by atoms with E-state index in [2.05, 4.69) is 13.8 Å². The van der Waals surface area contributed by atoms with E-state index in [9.17, 15) is 4.39 Å². The van der Waals surface area contributed by atoms with Gasteiger partial charge in [0.2, 0.25) is 0 Å². The molecule has 1 aliphatic carbocycles. The van der Waals surface area contributed by atoms with Crippen molar-refractivity contribution in [3.05, 3.63) is 0 Å². The fourth-order valence-electron chi connectivity index (χ4n) is 1.53. The lowest BCUT2D eigenvalue weighted by Gasteiger charge is -2.37. The molecule has 1 saturated carbocycles. The number of alkyl halides is 1. The maximum atomic E-state index is 13.4. The molecular formula is C9H17FO. The first-order valence-corrected chi connectivity index (χ1v) is 4.27. The molecule has 0 aromatic rings. The number of aliphatic hydroxyl groups is 1. The largest absolute Gasteiger partial charge is 0.393 e. The molecule has 1 aliphatic rings. The third kappa shape index (κ3) is 2.16. The maximum Gasteiger partial charge on any atom is 0.134 e. The van der Waals surface area contributed by atoms with Gasteiger partial charge in [0.1, 0.15) is 5.67 Å². The van der Waals surface area contributed by atoms with Crippen LogP contribution in [0.3, 0.4) is 0 Å². The monoisotopic (exact) mass is 160 g/mol. The van der Waals surface area contributed by atoms with Crippen LogP contribution in [0.1, 0.15) is 39.5 Å². The zero-order valence-corrected chi connectivity index (χ0v) is 7.36. The first kappa shape index (κ1) is 8.98. The lowest BCUT2D eigenvalue weighted by Crippen LogP contribution is -2.36. The summed E-state index contributed by atoms with van der Waals surface area (Å²) in [6.07, 6.45) is 2.83. The van der Waals surface area contributed by atoms with Crippen LogP contribution in [0, 0.1) is 5.41 Å². The van der Waals surface area contributed by atoms with Gasteiger partial charge >= 0.3 is 0 Å². The van der Waals surface area contributed by atoms with Crippen LogP contribution in [0.4, 0.5) is 4.39 Å². The Labute approximate surface area is 67.6 Å². The Bertz CT molecular complexity index is 132. The Hall–Kier alpha value is -0.110. The fraction of sp³-hybridized carbons (Fsp3) is 1.00. The van der Waals surface area contributed by atoms with Gasteiger partial charge in [0.25, 0.3) is 0 Å². The second-order valence-corrected chi connectivity index (χ2v) is 4.47. The first-order valence-electron chi connectivity index (χ1n) is 4.27. The predicted molar refractivity (Wildman–Crippen MR) is 43.2 cm³/mol. The molecule has 0 aliphatic heterocycles. The van der Waals surface area contributed by atoms with E-state index in [-0.39, 0.29) is 12.0 Å². The summed E-state index contributed by atoms with van der Waals surface area (Å²) in [6, 6.07) is 0. The summed E-state index contributed by atoms with van der Waals surface area (Å²) in [5.41, 5.74) is -0.986. The Morgan fingerprint density at radius 3 is 2.00 bits per heavy atom. The van der Waals surface area contributed by atoms with E-state index in [4.69, 9.17) is 5.11 Å². The molecule has 0 unspecified atom stereocenters. The van der Waals surface area contributed by atoms with Crippen LogP contribution >= 0.6 is 0 Å². The smallest absolute Gasteiger partial charge is 0.134 e. The van der Waals surface area contributed by atoms with Crippen molar-refractivity contribution in [1.82, 2.24) is 0 Å². The minimum atomic E-state index is -1.27. The zero-order valence-electron chi connectivity index (χ0n) is 7.36. The number of halogens is 1. The molecule has 1 nitrogen and oxygen atoms in total. The molecule has 1 fully saturated rings. The van der Waals surface area contributed by atoms with Gasteiger partial charge in [-0.05, 0) is 31.1 Å². The minimum Gasteiger partial charge on any atom is -0.393 e. The molecule has 2 heteroatoms. The quantitative estimate of drug-likeness (QED) is 0.624. The maximum absolute atomic E-state index is 13.4. The van der Waals surface area contributed by atoms with E-state index in [0.717, 1.165) is 12.8 Å². The van der Waals surface area contributed by atoms with Gasteiger partial charge in [0.15, 0.2) is 0 Å². The van der Waals surface area contributed by atoms with Crippen LogP contribution in [0.15, 0.2) is 0 Å². The highest BCUT2D eigenvalue weighted by molar-refractivity contribution is 4.88. The van der Waals surface area contributed by atoms with Gasteiger partial charge in [0, 0.05) is 0 Å². The molecule has 0 aromatic carbocycles. The molecule has 1 rings (SSSR count). The molecule has 0 spiro atoms. The van der Waals surface area contributed by atoms with Gasteiger partial charge in [0.05, 0.1) is 6.61 Å². The molecule has 0 amide bonds. The lowest BCUT2D eigenvalue weighted by molar-refractivity contribution is 0.00489. The normalized spacial score (nSPS) is 28.4. The van der Waals surface area contributed by atoms with Crippen molar-refractivity contribution in [3.63, 3.8) is 0 Å². The van der Waals surface area contributed by atoms with Gasteiger partial charge < -0.3 is 5.11 Å². The van der Waals surface area contributed by atoms with Crippen LogP contribution in [0.2, 0.25) is 0 Å². The van der Waals surface area contributed by atoms with Crippen LogP contribution in [-0.4, -0.2) is 17.4 Å². The lowest BCUT2D eigenvalue weighted by atomic mass is 9.72. The van der Waals surface area contributed by atoms with Crippen molar-refractivity contribution >= 4 is 0 Å². The molecule has 66 valence electrons. The molecule has 0 aromatic heterocycles. The molecule has 0 bridgehead atoms. The topological polar surface area (TPSA) is 20.2 Å². The predicted octanol–water partition coefficient (Wildman–Crippen LogP) is 2.29. The van der Waals surface area contributed by atoms with Gasteiger partial charge in [-0.25, -0.2) is 4.39 Å². The van der Waals surface area contributed by atoms with Crippen molar-refractivity contribution < 1.29 is 9.50 Å². The average Bonchev–Trinajstić information content (AvgIpc) is 1.97. The van der Waals surface area contributed by atoms with Crippen LogP contribution < -0.4 is 0 Å². The second kappa shape index (κ2) is 2.74. The molecule has 0 heterocycles. The SMILES string of the molecule is CC1(C)CCC(F)(CO)CC1. The fourth-order valence-corrected chi connectivity index (χ4v) is 1.53. The molecule has 0 atom stereocenters.